The maximum Gasteiger partial charge on any atom is 0.268 e. The van der Waals surface area contributed by atoms with E-state index in [0.29, 0.717) is 27.9 Å². The summed E-state index contributed by atoms with van der Waals surface area (Å²) < 4.78 is 2.08. The molecule has 9 heteroatoms. The molecule has 33 heavy (non-hydrogen) atoms. The van der Waals surface area contributed by atoms with Gasteiger partial charge in [0, 0.05) is 15.6 Å². The van der Waals surface area contributed by atoms with Crippen molar-refractivity contribution >= 4 is 61.8 Å². The van der Waals surface area contributed by atoms with Crippen LogP contribution in [0, 0.1) is 0 Å². The first-order valence-electron chi connectivity index (χ1n) is 9.99. The fourth-order valence-corrected chi connectivity index (χ4v) is 5.78. The highest BCUT2D eigenvalue weighted by Gasteiger charge is 2.39. The molecule has 1 saturated heterocycles. The average Bonchev–Trinajstić information content (AvgIpc) is 3.22. The number of thiocarbonyl (C=S) groups is 1. The van der Waals surface area contributed by atoms with Crippen molar-refractivity contribution in [2.45, 2.75) is 5.37 Å². The number of thioether (sulfide) groups is 1. The molecule has 1 unspecified atom stereocenters. The van der Waals surface area contributed by atoms with Crippen LogP contribution in [0.5, 0.6) is 5.75 Å². The number of para-hydroxylation sites is 1. The lowest BCUT2D eigenvalue weighted by atomic mass is 10.1. The van der Waals surface area contributed by atoms with E-state index in [9.17, 15) is 14.7 Å². The molecule has 0 bridgehead atoms. The molecular formula is C24H16BrN3O3S2. The summed E-state index contributed by atoms with van der Waals surface area (Å²) in [4.78, 5) is 32.7. The summed E-state index contributed by atoms with van der Waals surface area (Å²) in [6.45, 7) is 0. The van der Waals surface area contributed by atoms with Crippen molar-refractivity contribution in [3.8, 4) is 17.1 Å². The van der Waals surface area contributed by atoms with Crippen LogP contribution in [0.1, 0.15) is 10.9 Å². The number of benzene rings is 3. The Labute approximate surface area is 207 Å². The van der Waals surface area contributed by atoms with Crippen molar-refractivity contribution in [1.29, 1.82) is 0 Å². The van der Waals surface area contributed by atoms with Crippen LogP contribution < -0.4 is 5.56 Å². The van der Waals surface area contributed by atoms with Gasteiger partial charge in [-0.1, -0.05) is 58.4 Å². The van der Waals surface area contributed by atoms with E-state index < -0.39 is 5.37 Å². The third-order valence-electron chi connectivity index (χ3n) is 5.33. The number of hydrogen-bond acceptors (Lipinski definition) is 6. The van der Waals surface area contributed by atoms with Crippen LogP contribution in [0.4, 0.5) is 0 Å². The molecule has 1 fully saturated rings. The summed E-state index contributed by atoms with van der Waals surface area (Å²) in [5, 5.41) is 10.3. The maximum absolute atomic E-state index is 13.6. The van der Waals surface area contributed by atoms with Crippen LogP contribution in [-0.2, 0) is 4.79 Å². The molecule has 1 atom stereocenters. The number of rotatable bonds is 2. The highest BCUT2D eigenvalue weighted by molar-refractivity contribution is 9.10. The van der Waals surface area contributed by atoms with E-state index in [1.54, 1.807) is 36.4 Å². The Bertz CT molecular complexity index is 1470. The number of fused-ring (bicyclic) bond motifs is 1. The van der Waals surface area contributed by atoms with Crippen LogP contribution in [0.3, 0.4) is 0 Å². The molecule has 0 radical (unpaired) electrons. The zero-order valence-corrected chi connectivity index (χ0v) is 20.2. The Hall–Kier alpha value is -3.01. The standard InChI is InChI=1S/C24H16BrN3O3S2/c25-15-10-11-19(29)17(12-15)23-27(20(30)13-33-23)24(32)28-21(14-6-2-1-3-7-14)26-18-9-5-4-8-16(18)22(28)31/h1-12,23,29H,13H2. The van der Waals surface area contributed by atoms with Crippen molar-refractivity contribution in [3.63, 3.8) is 0 Å². The van der Waals surface area contributed by atoms with E-state index in [1.165, 1.54) is 21.2 Å². The summed E-state index contributed by atoms with van der Waals surface area (Å²) in [6.07, 6.45) is 0. The van der Waals surface area contributed by atoms with Crippen LogP contribution in [0.25, 0.3) is 22.3 Å². The topological polar surface area (TPSA) is 75.4 Å². The minimum Gasteiger partial charge on any atom is -0.508 e. The van der Waals surface area contributed by atoms with Gasteiger partial charge in [-0.05, 0) is 42.5 Å². The smallest absolute Gasteiger partial charge is 0.268 e. The number of aromatic hydroxyl groups is 1. The Morgan fingerprint density at radius 3 is 2.58 bits per heavy atom. The fourth-order valence-electron chi connectivity index (χ4n) is 3.78. The van der Waals surface area contributed by atoms with E-state index >= 15 is 0 Å². The molecule has 1 amide bonds. The molecule has 6 nitrogen and oxygen atoms in total. The third kappa shape index (κ3) is 3.86. The highest BCUT2D eigenvalue weighted by Crippen LogP contribution is 2.43. The number of halogens is 1. The van der Waals surface area contributed by atoms with Gasteiger partial charge in [0.2, 0.25) is 5.91 Å². The summed E-state index contributed by atoms with van der Waals surface area (Å²) in [7, 11) is 0. The number of carbonyl (C=O) groups excluding carboxylic acids is 1. The van der Waals surface area contributed by atoms with Gasteiger partial charge in [-0.2, -0.15) is 0 Å². The van der Waals surface area contributed by atoms with Crippen LogP contribution >= 0.6 is 39.9 Å². The number of nitrogens with zero attached hydrogens (tertiary/aromatic N) is 3. The highest BCUT2D eigenvalue weighted by atomic mass is 79.9. The van der Waals surface area contributed by atoms with Crippen LogP contribution in [-0.4, -0.2) is 36.3 Å². The minimum atomic E-state index is -0.579. The van der Waals surface area contributed by atoms with Crippen molar-refractivity contribution in [3.05, 3.63) is 93.2 Å². The van der Waals surface area contributed by atoms with E-state index in [4.69, 9.17) is 17.2 Å². The molecule has 5 rings (SSSR count). The van der Waals surface area contributed by atoms with Crippen molar-refractivity contribution in [1.82, 2.24) is 14.5 Å². The monoisotopic (exact) mass is 537 g/mol. The zero-order valence-electron chi connectivity index (χ0n) is 17.0. The second-order valence-corrected chi connectivity index (χ2v) is 9.72. The van der Waals surface area contributed by atoms with Crippen molar-refractivity contribution in [2.24, 2.45) is 0 Å². The predicted octanol–water partition coefficient (Wildman–Crippen LogP) is 4.94. The number of phenols is 1. The summed E-state index contributed by atoms with van der Waals surface area (Å²) >= 11 is 10.5. The maximum atomic E-state index is 13.6. The van der Waals surface area contributed by atoms with Gasteiger partial charge < -0.3 is 5.11 Å². The molecule has 1 aliphatic heterocycles. The van der Waals surface area contributed by atoms with Crippen LogP contribution in [0.15, 0.2) is 82.1 Å². The lowest BCUT2D eigenvalue weighted by Crippen LogP contribution is -2.43. The van der Waals surface area contributed by atoms with Gasteiger partial charge in [-0.15, -0.1) is 11.8 Å². The largest absolute Gasteiger partial charge is 0.508 e. The quantitative estimate of drug-likeness (QED) is 0.365. The summed E-state index contributed by atoms with van der Waals surface area (Å²) in [6, 6.07) is 21.3. The van der Waals surface area contributed by atoms with Gasteiger partial charge >= 0.3 is 0 Å². The second kappa shape index (κ2) is 8.74. The number of hydrogen-bond donors (Lipinski definition) is 1. The van der Waals surface area contributed by atoms with Crippen LogP contribution in [0.2, 0.25) is 0 Å². The van der Waals surface area contributed by atoms with E-state index in [0.717, 1.165) is 4.47 Å². The third-order valence-corrected chi connectivity index (χ3v) is 7.40. The molecule has 164 valence electrons. The van der Waals surface area contributed by atoms with Gasteiger partial charge in [0.05, 0.1) is 16.7 Å². The first kappa shape index (κ1) is 21.8. The SMILES string of the molecule is O=C1CSC(c2cc(Br)ccc2O)N1C(=S)n1c(-c2ccccc2)nc2ccccc2c1=O. The summed E-state index contributed by atoms with van der Waals surface area (Å²) in [5.41, 5.74) is 1.42. The van der Waals surface area contributed by atoms with Gasteiger partial charge in [0.25, 0.3) is 5.56 Å². The Morgan fingerprint density at radius 1 is 1.06 bits per heavy atom. The zero-order chi connectivity index (χ0) is 23.1. The van der Waals surface area contributed by atoms with Gasteiger partial charge in [-0.25, -0.2) is 9.55 Å². The average molecular weight is 538 g/mol. The molecule has 4 aromatic rings. The van der Waals surface area contributed by atoms with E-state index in [2.05, 4.69) is 15.9 Å². The molecule has 1 N–H and O–H groups in total. The first-order valence-corrected chi connectivity index (χ1v) is 12.2. The molecule has 2 heterocycles. The lowest BCUT2D eigenvalue weighted by molar-refractivity contribution is -0.124. The molecule has 0 saturated carbocycles. The fraction of sp³-hybridized carbons (Fsp3) is 0.0833. The molecule has 0 aliphatic carbocycles. The normalized spacial score (nSPS) is 15.8. The summed E-state index contributed by atoms with van der Waals surface area (Å²) in [5.74, 6) is 0.331. The van der Waals surface area contributed by atoms with Gasteiger partial charge in [0.15, 0.2) is 5.11 Å². The molecule has 1 aliphatic rings. The Morgan fingerprint density at radius 2 is 1.79 bits per heavy atom. The number of amides is 1. The van der Waals surface area contributed by atoms with E-state index in [1.807, 2.05) is 36.4 Å². The van der Waals surface area contributed by atoms with Gasteiger partial charge in [-0.3, -0.25) is 14.5 Å². The van der Waals surface area contributed by atoms with Crippen molar-refractivity contribution < 1.29 is 9.90 Å². The molecule has 1 aromatic heterocycles. The predicted molar refractivity (Wildman–Crippen MR) is 137 cm³/mol. The number of phenolic OH excluding ortho intramolecular Hbond substituents is 1. The molecule has 3 aromatic carbocycles. The van der Waals surface area contributed by atoms with Gasteiger partial charge in [0.1, 0.15) is 16.9 Å². The number of carbonyl (C=O) groups is 1. The first-order chi connectivity index (χ1) is 16.0. The second-order valence-electron chi connectivity index (χ2n) is 7.37. The molecule has 0 spiro atoms. The Kier molecular flexibility index (Phi) is 5.77. The number of aromatic nitrogens is 2. The van der Waals surface area contributed by atoms with E-state index in [-0.39, 0.29) is 28.1 Å². The minimum absolute atomic E-state index is 0.0245. The molecular weight excluding hydrogens is 522 g/mol. The Balaban J connectivity index is 1.72. The van der Waals surface area contributed by atoms with Crippen molar-refractivity contribution in [2.75, 3.05) is 5.75 Å². The lowest BCUT2D eigenvalue weighted by Gasteiger charge is -2.27.